The van der Waals surface area contributed by atoms with Crippen LogP contribution in [0.1, 0.15) is 43.4 Å². The van der Waals surface area contributed by atoms with Gasteiger partial charge in [-0.1, -0.05) is 19.1 Å². The van der Waals surface area contributed by atoms with E-state index in [1.165, 1.54) is 0 Å². The Balaban J connectivity index is 1.50. The largest absolute Gasteiger partial charge is 0.491 e. The highest BCUT2D eigenvalue weighted by Gasteiger charge is 2.41. The topological polar surface area (TPSA) is 107 Å². The molecule has 0 amide bonds. The normalized spacial score (nSPS) is 31.4. The summed E-state index contributed by atoms with van der Waals surface area (Å²) >= 11 is 0. The fourth-order valence-corrected chi connectivity index (χ4v) is 5.57. The molecular formula is C28H36O8. The van der Waals surface area contributed by atoms with Crippen molar-refractivity contribution < 1.29 is 39.0 Å². The Morgan fingerprint density at radius 1 is 1.06 bits per heavy atom. The van der Waals surface area contributed by atoms with Crippen molar-refractivity contribution in [2.24, 2.45) is 17.8 Å². The lowest BCUT2D eigenvalue weighted by molar-refractivity contribution is -0.259. The smallest absolute Gasteiger partial charge is 0.231 e. The number of rotatable bonds is 7. The first kappa shape index (κ1) is 25.3. The van der Waals surface area contributed by atoms with Gasteiger partial charge >= 0.3 is 0 Å². The van der Waals surface area contributed by atoms with E-state index < -0.39 is 18.5 Å². The van der Waals surface area contributed by atoms with Crippen LogP contribution in [0.5, 0.6) is 17.2 Å². The fourth-order valence-electron chi connectivity index (χ4n) is 5.57. The van der Waals surface area contributed by atoms with Crippen LogP contribution >= 0.6 is 0 Å². The van der Waals surface area contributed by atoms with Gasteiger partial charge in [0.2, 0.25) is 6.79 Å². The zero-order valence-corrected chi connectivity index (χ0v) is 21.0. The van der Waals surface area contributed by atoms with E-state index in [1.54, 1.807) is 6.92 Å². The van der Waals surface area contributed by atoms with Crippen molar-refractivity contribution in [1.82, 2.24) is 0 Å². The number of aliphatic hydroxyl groups is 3. The third-order valence-electron chi connectivity index (χ3n) is 7.64. The summed E-state index contributed by atoms with van der Waals surface area (Å²) in [7, 11) is 0. The van der Waals surface area contributed by atoms with E-state index in [1.807, 2.05) is 38.1 Å². The molecule has 2 heterocycles. The third kappa shape index (κ3) is 4.93. The number of hydrogen-bond acceptors (Lipinski definition) is 8. The van der Waals surface area contributed by atoms with Gasteiger partial charge in [-0.3, -0.25) is 0 Å². The van der Waals surface area contributed by atoms with Gasteiger partial charge in [-0.2, -0.15) is 0 Å². The van der Waals surface area contributed by atoms with Crippen molar-refractivity contribution in [3.8, 4) is 17.2 Å². The predicted octanol–water partition coefficient (Wildman–Crippen LogP) is 2.85. The second kappa shape index (κ2) is 10.6. The Hall–Kier alpha value is -2.36. The summed E-state index contributed by atoms with van der Waals surface area (Å²) in [5.41, 5.74) is 3.32. The average Bonchev–Trinajstić information content (AvgIpc) is 3.34. The summed E-state index contributed by atoms with van der Waals surface area (Å²) in [6, 6.07) is 12.1. The molecule has 0 saturated carbocycles. The van der Waals surface area contributed by atoms with E-state index >= 15 is 0 Å². The Morgan fingerprint density at radius 2 is 1.86 bits per heavy atom. The van der Waals surface area contributed by atoms with Gasteiger partial charge in [0, 0.05) is 18.4 Å². The van der Waals surface area contributed by atoms with Gasteiger partial charge in [0.05, 0.1) is 25.4 Å². The summed E-state index contributed by atoms with van der Waals surface area (Å²) < 4.78 is 29.0. The fraction of sp³-hybridized carbons (Fsp3) is 0.571. The highest BCUT2D eigenvalue weighted by molar-refractivity contribution is 5.51. The number of fused-ring (bicyclic) bond motifs is 2. The minimum absolute atomic E-state index is 0.00194. The Kier molecular flexibility index (Phi) is 7.42. The molecule has 0 spiro atoms. The molecular weight excluding hydrogens is 464 g/mol. The second-order valence-corrected chi connectivity index (χ2v) is 10.4. The molecule has 1 fully saturated rings. The van der Waals surface area contributed by atoms with Gasteiger partial charge in [0.15, 0.2) is 17.8 Å². The minimum atomic E-state index is -0.938. The van der Waals surface area contributed by atoms with Crippen molar-refractivity contribution >= 4 is 0 Å². The van der Waals surface area contributed by atoms with E-state index in [0.29, 0.717) is 17.9 Å². The molecule has 36 heavy (non-hydrogen) atoms. The predicted molar refractivity (Wildman–Crippen MR) is 131 cm³/mol. The van der Waals surface area contributed by atoms with Crippen molar-refractivity contribution in [2.45, 2.75) is 57.7 Å². The highest BCUT2D eigenvalue weighted by Crippen LogP contribution is 2.47. The summed E-state index contributed by atoms with van der Waals surface area (Å²) in [6.07, 6.45) is -1.76. The van der Waals surface area contributed by atoms with Crippen LogP contribution in [0.15, 0.2) is 36.4 Å². The van der Waals surface area contributed by atoms with Gasteiger partial charge in [-0.15, -0.1) is 0 Å². The molecule has 1 saturated heterocycles. The first-order chi connectivity index (χ1) is 17.4. The second-order valence-electron chi connectivity index (χ2n) is 10.4. The maximum absolute atomic E-state index is 10.6. The molecule has 0 bridgehead atoms. The van der Waals surface area contributed by atoms with Crippen LogP contribution < -0.4 is 14.2 Å². The molecule has 2 aromatic carbocycles. The molecule has 3 N–H and O–H groups in total. The lowest BCUT2D eigenvalue weighted by Crippen LogP contribution is -2.50. The maximum Gasteiger partial charge on any atom is 0.231 e. The van der Waals surface area contributed by atoms with E-state index in [4.69, 9.17) is 23.7 Å². The molecule has 2 aromatic rings. The van der Waals surface area contributed by atoms with E-state index in [2.05, 4.69) is 12.1 Å². The van der Waals surface area contributed by atoms with Crippen LogP contribution in [0.4, 0.5) is 0 Å². The van der Waals surface area contributed by atoms with Crippen LogP contribution in [0.25, 0.3) is 0 Å². The van der Waals surface area contributed by atoms with Crippen LogP contribution in [0, 0.1) is 17.8 Å². The molecule has 3 aliphatic rings. The summed E-state index contributed by atoms with van der Waals surface area (Å²) in [5, 5.41) is 31.0. The maximum atomic E-state index is 10.6. The standard InChI is InChI=1S/C28H36O8/c1-15(2)36-20-6-4-17-8-19(11-29)22(12-32-28-27(31)16(3)23(30)13-33-28)26(21(17)10-20)18-5-7-24-25(9-18)35-14-34-24/h4-7,9-10,15-16,19,22-23,26-31H,8,11-14H2,1-3H3/t16-,19+,22+,23+,26?,27+,28+/m0/s1. The monoisotopic (exact) mass is 500 g/mol. The molecule has 1 unspecified atom stereocenters. The van der Waals surface area contributed by atoms with Gasteiger partial charge in [-0.05, 0) is 73.1 Å². The van der Waals surface area contributed by atoms with Crippen molar-refractivity contribution in [3.63, 3.8) is 0 Å². The van der Waals surface area contributed by atoms with E-state index in [-0.39, 0.29) is 56.4 Å². The van der Waals surface area contributed by atoms with Crippen LogP contribution in [-0.2, 0) is 15.9 Å². The Labute approximate surface area is 211 Å². The number of benzene rings is 2. The van der Waals surface area contributed by atoms with Crippen LogP contribution in [0.2, 0.25) is 0 Å². The zero-order chi connectivity index (χ0) is 25.4. The van der Waals surface area contributed by atoms with E-state index in [9.17, 15) is 15.3 Å². The van der Waals surface area contributed by atoms with Crippen molar-refractivity contribution in [1.29, 1.82) is 0 Å². The van der Waals surface area contributed by atoms with Crippen LogP contribution in [0.3, 0.4) is 0 Å². The Morgan fingerprint density at radius 3 is 2.64 bits per heavy atom. The molecule has 8 nitrogen and oxygen atoms in total. The minimum Gasteiger partial charge on any atom is -0.491 e. The van der Waals surface area contributed by atoms with Gasteiger partial charge in [0.1, 0.15) is 11.9 Å². The Bertz CT molecular complexity index is 1060. The SMILES string of the molecule is CC(C)Oc1ccc2c(c1)C(c1ccc3c(c1)OCO3)[C@H](CO[C@@H]1OC[C@@H](O)[C@H](C)[C@H]1O)[C@@H](CO)C2. The van der Waals surface area contributed by atoms with Crippen LogP contribution in [-0.4, -0.2) is 66.5 Å². The summed E-state index contributed by atoms with van der Waals surface area (Å²) in [5.74, 6) is 1.58. The number of aliphatic hydroxyl groups excluding tert-OH is 3. The molecule has 7 atom stereocenters. The summed E-state index contributed by atoms with van der Waals surface area (Å²) in [4.78, 5) is 0. The molecule has 0 radical (unpaired) electrons. The molecule has 5 rings (SSSR count). The van der Waals surface area contributed by atoms with Gasteiger partial charge < -0.3 is 39.0 Å². The molecule has 2 aliphatic heterocycles. The number of ether oxygens (including phenoxy) is 5. The molecule has 1 aliphatic carbocycles. The molecule has 0 aromatic heterocycles. The zero-order valence-electron chi connectivity index (χ0n) is 21.0. The van der Waals surface area contributed by atoms with Gasteiger partial charge in [-0.25, -0.2) is 0 Å². The first-order valence-electron chi connectivity index (χ1n) is 12.7. The number of hydrogen-bond donors (Lipinski definition) is 3. The average molecular weight is 501 g/mol. The highest BCUT2D eigenvalue weighted by atomic mass is 16.7. The lowest BCUT2D eigenvalue weighted by Gasteiger charge is -2.41. The third-order valence-corrected chi connectivity index (χ3v) is 7.64. The first-order valence-corrected chi connectivity index (χ1v) is 12.7. The van der Waals surface area contributed by atoms with E-state index in [0.717, 1.165) is 22.4 Å². The van der Waals surface area contributed by atoms with Gasteiger partial charge in [0.25, 0.3) is 0 Å². The molecule has 196 valence electrons. The quantitative estimate of drug-likeness (QED) is 0.533. The van der Waals surface area contributed by atoms with Crippen molar-refractivity contribution in [3.05, 3.63) is 53.1 Å². The summed E-state index contributed by atoms with van der Waals surface area (Å²) in [6.45, 7) is 6.36. The van der Waals surface area contributed by atoms with Crippen molar-refractivity contribution in [2.75, 3.05) is 26.6 Å². The molecule has 8 heteroatoms. The lowest BCUT2D eigenvalue weighted by atomic mass is 9.67.